The first-order valence-corrected chi connectivity index (χ1v) is 38.5. The Morgan fingerprint density at radius 3 is 1.09 bits per heavy atom. The maximum absolute atomic E-state index is 6.25. The molecule has 4 unspecified atom stereocenters. The van der Waals surface area contributed by atoms with Gasteiger partial charge in [-0.3, -0.25) is 33.2 Å². The molecule has 0 saturated heterocycles. The number of hydrogen-bond acceptors (Lipinski definition) is 25. The highest BCUT2D eigenvalue weighted by Crippen LogP contribution is 2.39. The topological polar surface area (TPSA) is 341 Å². The van der Waals surface area contributed by atoms with E-state index in [-0.39, 0.29) is 24.4 Å². The first-order valence-electron chi connectivity index (χ1n) is 37.8. The molecule has 0 N–H and O–H groups in total. The monoisotopic (exact) mass is 1600 g/mol. The fourth-order valence-corrected chi connectivity index (χ4v) is 15.9. The summed E-state index contributed by atoms with van der Waals surface area (Å²) in [5, 5.41) is 34.8. The molecule has 4 atom stereocenters. The van der Waals surface area contributed by atoms with Crippen molar-refractivity contribution in [2.45, 2.75) is 63.9 Å². The number of pyridine rings is 4. The maximum Gasteiger partial charge on any atom is 0.238 e. The van der Waals surface area contributed by atoms with Crippen LogP contribution in [0.2, 0.25) is 10.0 Å². The largest absolute Gasteiger partial charge is 0.481 e. The lowest BCUT2D eigenvalue weighted by Gasteiger charge is -2.12. The molecule has 580 valence electrons. The van der Waals surface area contributed by atoms with Crippen molar-refractivity contribution < 1.29 is 23.7 Å². The second-order valence-electron chi connectivity index (χ2n) is 28.6. The summed E-state index contributed by atoms with van der Waals surface area (Å²) in [5.74, 6) is 2.73. The van der Waals surface area contributed by atoms with E-state index in [0.717, 1.165) is 142 Å². The zero-order valence-electron chi connectivity index (χ0n) is 63.0. The molecule has 33 nitrogen and oxygen atoms in total. The normalized spacial score (nSPS) is 16.9. The molecule has 118 heavy (non-hydrogen) atoms. The van der Waals surface area contributed by atoms with Crippen molar-refractivity contribution in [3.63, 3.8) is 0 Å². The minimum atomic E-state index is -0.286. The fourth-order valence-electron chi connectivity index (χ4n) is 15.6. The molecular weight excluding hydrogens is 1540 g/mol. The summed E-state index contributed by atoms with van der Waals surface area (Å²) in [6.45, 7) is 6.27. The maximum atomic E-state index is 6.25. The molecule has 8 aliphatic rings. The molecule has 0 saturated carbocycles. The van der Waals surface area contributed by atoms with Gasteiger partial charge in [-0.1, -0.05) is 68.3 Å². The van der Waals surface area contributed by atoms with Gasteiger partial charge in [-0.2, -0.15) is 0 Å². The number of imidazole rings is 4. The van der Waals surface area contributed by atoms with E-state index in [1.165, 1.54) is 0 Å². The summed E-state index contributed by atoms with van der Waals surface area (Å²) in [6.07, 6.45) is 24.9. The van der Waals surface area contributed by atoms with Crippen LogP contribution < -0.4 is 4.74 Å². The van der Waals surface area contributed by atoms with Crippen LogP contribution in [-0.2, 0) is 44.6 Å². The van der Waals surface area contributed by atoms with Crippen molar-refractivity contribution >= 4 is 46.8 Å². The molecule has 35 heteroatoms. The van der Waals surface area contributed by atoms with Crippen LogP contribution >= 0.6 is 23.2 Å². The second kappa shape index (κ2) is 29.5. The summed E-state index contributed by atoms with van der Waals surface area (Å²) >= 11 is 12.5. The summed E-state index contributed by atoms with van der Waals surface area (Å²) in [5.41, 5.74) is 24.4. The number of hydrogen-bond donors (Lipinski definition) is 0. The highest BCUT2D eigenvalue weighted by molar-refractivity contribution is 6.31. The lowest BCUT2D eigenvalue weighted by molar-refractivity contribution is 0.223. The van der Waals surface area contributed by atoms with Gasteiger partial charge in [0, 0.05) is 72.8 Å². The third kappa shape index (κ3) is 12.8. The zero-order valence-corrected chi connectivity index (χ0v) is 64.5. The lowest BCUT2D eigenvalue weighted by atomic mass is 10.1. The number of aliphatic imine (C=N–C) groups is 4. The number of aryl methyl sites for hydroxylation is 2. The Morgan fingerprint density at radius 2 is 0.712 bits per heavy atom. The van der Waals surface area contributed by atoms with Gasteiger partial charge < -0.3 is 23.7 Å². The van der Waals surface area contributed by atoms with E-state index in [2.05, 4.69) is 160 Å². The van der Waals surface area contributed by atoms with E-state index < -0.39 is 0 Å². The van der Waals surface area contributed by atoms with E-state index in [4.69, 9.17) is 46.9 Å². The van der Waals surface area contributed by atoms with E-state index in [1.807, 2.05) is 127 Å². The second-order valence-corrected chi connectivity index (χ2v) is 29.4. The molecule has 0 spiro atoms. The van der Waals surface area contributed by atoms with Crippen molar-refractivity contribution in [3.05, 3.63) is 327 Å². The molecule has 0 aliphatic carbocycles. The van der Waals surface area contributed by atoms with Gasteiger partial charge in [0.05, 0.1) is 161 Å². The van der Waals surface area contributed by atoms with Crippen molar-refractivity contribution in [2.24, 2.45) is 20.0 Å². The summed E-state index contributed by atoms with van der Waals surface area (Å²) in [4.78, 5) is 54.2. The quantitative estimate of drug-likeness (QED) is 0.130. The van der Waals surface area contributed by atoms with Gasteiger partial charge in [-0.05, 0) is 139 Å². The summed E-state index contributed by atoms with van der Waals surface area (Å²) in [6, 6.07) is 43.2. The third-order valence-corrected chi connectivity index (χ3v) is 21.8. The minimum absolute atomic E-state index is 0.113. The molecule has 4 aromatic carbocycles. The summed E-state index contributed by atoms with van der Waals surface area (Å²) < 4.78 is 45.6. The van der Waals surface area contributed by atoms with E-state index >= 15 is 0 Å². The van der Waals surface area contributed by atoms with Crippen molar-refractivity contribution in [2.75, 3.05) is 33.3 Å². The van der Waals surface area contributed by atoms with Crippen molar-refractivity contribution in [1.29, 1.82) is 0 Å². The first kappa shape index (κ1) is 71.0. The molecule has 0 fully saturated rings. The Bertz CT molecular complexity index is 6240. The van der Waals surface area contributed by atoms with Gasteiger partial charge in [0.15, 0.2) is 12.2 Å². The highest BCUT2D eigenvalue weighted by atomic mass is 35.5. The SMILES string of the molecule is COc1cccc(C2CN=C(c3ncn4c3Cc3cnnn3-c3cc(Cl)ccc3-4)O2)n1.Cc1ccc2c(c1)-n1nncc1Cc1c(C3=NCC(c4ccccn4)O3)ncn1-2.Cc1ccc2c(c1)-n1nncc1Cc1c(C3=NCC(c4ccncc4)O3)ncn1-2.Clc1ccc2c(c1)-n1nncc1Cc1c(C3=NCC(c4ccncc4)O3)ncn1-2. The number of ether oxygens (including phenoxy) is 5. The van der Waals surface area contributed by atoms with Crippen LogP contribution in [0.15, 0.2) is 235 Å². The average Bonchev–Trinajstić information content (AvgIpc) is 1.62. The molecular formula is C83H64Cl2N28O5. The predicted molar refractivity (Wildman–Crippen MR) is 429 cm³/mol. The van der Waals surface area contributed by atoms with Gasteiger partial charge in [-0.25, -0.2) is 63.6 Å². The molecule has 16 aromatic rings. The number of rotatable bonds is 9. The Hall–Kier alpha value is -14.9. The zero-order chi connectivity index (χ0) is 79.1. The Kier molecular flexibility index (Phi) is 17.8. The van der Waals surface area contributed by atoms with E-state index in [9.17, 15) is 0 Å². The Morgan fingerprint density at radius 1 is 0.356 bits per heavy atom. The number of fused-ring (bicyclic) bond motifs is 20. The molecule has 0 bridgehead atoms. The van der Waals surface area contributed by atoms with Crippen molar-refractivity contribution in [3.8, 4) is 51.4 Å². The van der Waals surface area contributed by atoms with Crippen molar-refractivity contribution in [1.82, 2.24) is 118 Å². The van der Waals surface area contributed by atoms with Crippen LogP contribution in [-0.4, -0.2) is 175 Å². The van der Waals surface area contributed by atoms with Gasteiger partial charge in [-0.15, -0.1) is 20.4 Å². The smallest absolute Gasteiger partial charge is 0.238 e. The van der Waals surface area contributed by atoms with Crippen LogP contribution in [0, 0.1) is 13.8 Å². The average molecular weight is 1600 g/mol. The number of halogens is 2. The van der Waals surface area contributed by atoms with Gasteiger partial charge in [0.2, 0.25) is 29.5 Å². The van der Waals surface area contributed by atoms with Gasteiger partial charge in [0.25, 0.3) is 0 Å². The van der Waals surface area contributed by atoms with Crippen LogP contribution in [0.25, 0.3) is 45.5 Å². The first-order chi connectivity index (χ1) is 58.0. The van der Waals surface area contributed by atoms with Gasteiger partial charge >= 0.3 is 0 Å². The molecule has 8 aliphatic heterocycles. The fraction of sp³-hybridized carbons (Fsp3) is 0.181. The van der Waals surface area contributed by atoms with Crippen LogP contribution in [0.3, 0.4) is 0 Å². The van der Waals surface area contributed by atoms with Crippen LogP contribution in [0.4, 0.5) is 0 Å². The number of aromatic nitrogens is 24. The van der Waals surface area contributed by atoms with Gasteiger partial charge in [0.1, 0.15) is 60.3 Å². The lowest BCUT2D eigenvalue weighted by Crippen LogP contribution is -2.11. The summed E-state index contributed by atoms with van der Waals surface area (Å²) in [7, 11) is 1.59. The minimum Gasteiger partial charge on any atom is -0.481 e. The molecule has 24 rings (SSSR count). The van der Waals surface area contributed by atoms with E-state index in [0.29, 0.717) is 97.1 Å². The molecule has 12 aromatic heterocycles. The molecule has 20 heterocycles. The number of benzene rings is 4. The predicted octanol–water partition coefficient (Wildman–Crippen LogP) is 11.0. The van der Waals surface area contributed by atoms with Crippen LogP contribution in [0.5, 0.6) is 5.88 Å². The highest BCUT2D eigenvalue weighted by Gasteiger charge is 2.37. The third-order valence-electron chi connectivity index (χ3n) is 21.3. The molecule has 0 amide bonds. The molecule has 0 radical (unpaired) electrons. The standard InChI is InChI=1S/C21H16ClN7O2.2C21H17N7O.C20H14ClN7O/c1-30-19-4-2-3-14(26-19)18-10-23-21(31-18)20-17-8-13-9-25-27-29(13)16-7-12(22)5-6-15(16)28(17)11-24-20;1-13-2-3-16-17(8-13)28-15(10-25-26-28)9-18-20(24-12-27(16)18)21-23-11-19(29-21)14-4-6-22-7-5-14;1-13-5-6-16-17(8-13)28-14(10-25-26-28)9-18-20(24-12-27(16)18)21-23-11-19(29-21)15-4-2-3-7-22-15;21-13-1-2-15-16(7-13)28-14(9-25-26-28)8-17-19(24-11-27(15)17)20-23-10-18(29-20)12-3-5-22-6-4-12/h2-7,9,11,18H,8,10H2,1H3;2*2-8,10,12,19H,9,11H2,1H3;1-7,9,11,18H,8,10H2. The Balaban J connectivity index is 0.0000000978. The Labute approximate surface area is 680 Å². The number of methoxy groups -OCH3 is 1. The van der Waals surface area contributed by atoms with E-state index in [1.54, 1.807) is 86.3 Å². The van der Waals surface area contributed by atoms with Crippen LogP contribution in [0.1, 0.15) is 126 Å². The number of nitrogens with zero attached hydrogens (tertiary/aromatic N) is 28.